The summed E-state index contributed by atoms with van der Waals surface area (Å²) in [6.45, 7) is 0. The van der Waals surface area contributed by atoms with Crippen LogP contribution in [0, 0.1) is 0 Å². The Bertz CT molecular complexity index is 879. The van der Waals surface area contributed by atoms with Crippen molar-refractivity contribution in [1.82, 2.24) is 4.98 Å². The van der Waals surface area contributed by atoms with Crippen molar-refractivity contribution < 1.29 is 14.6 Å². The number of aromatic carboxylic acids is 1. The van der Waals surface area contributed by atoms with Crippen LogP contribution in [0.25, 0.3) is 10.9 Å². The number of hydrogen-bond donors (Lipinski definition) is 2. The molecule has 0 bridgehead atoms. The second kappa shape index (κ2) is 6.14. The number of halogens is 1. The number of rotatable bonds is 4. The number of hydrogen-bond acceptors (Lipinski definition) is 4. The van der Waals surface area contributed by atoms with Gasteiger partial charge in [-0.05, 0) is 42.5 Å². The number of fused-ring (bicyclic) bond motifs is 1. The SMILES string of the molecule is COc1ccc(Cl)c2c(Nc3ccc(C(=O)O)cc3)ccnc12. The van der Waals surface area contributed by atoms with Crippen LogP contribution in [-0.2, 0) is 0 Å². The predicted octanol–water partition coefficient (Wildman–Crippen LogP) is 4.34. The van der Waals surface area contributed by atoms with Gasteiger partial charge in [0.15, 0.2) is 0 Å². The van der Waals surface area contributed by atoms with E-state index in [1.165, 1.54) is 12.1 Å². The summed E-state index contributed by atoms with van der Waals surface area (Å²) in [6, 6.07) is 11.8. The lowest BCUT2D eigenvalue weighted by Crippen LogP contribution is -1.98. The predicted molar refractivity (Wildman–Crippen MR) is 90.0 cm³/mol. The molecule has 3 aromatic rings. The maximum atomic E-state index is 10.9. The van der Waals surface area contributed by atoms with Crippen molar-refractivity contribution in [2.75, 3.05) is 12.4 Å². The van der Waals surface area contributed by atoms with Crippen LogP contribution in [0.2, 0.25) is 5.02 Å². The van der Waals surface area contributed by atoms with E-state index >= 15 is 0 Å². The van der Waals surface area contributed by atoms with Crippen LogP contribution >= 0.6 is 11.6 Å². The minimum Gasteiger partial charge on any atom is -0.494 e. The highest BCUT2D eigenvalue weighted by Gasteiger charge is 2.11. The number of nitrogens with one attached hydrogen (secondary N) is 1. The fraction of sp³-hybridized carbons (Fsp3) is 0.0588. The monoisotopic (exact) mass is 328 g/mol. The Hall–Kier alpha value is -2.79. The normalized spacial score (nSPS) is 10.5. The summed E-state index contributed by atoms with van der Waals surface area (Å²) in [6.07, 6.45) is 1.66. The van der Waals surface area contributed by atoms with Crippen molar-refractivity contribution in [3.63, 3.8) is 0 Å². The highest BCUT2D eigenvalue weighted by Crippen LogP contribution is 2.35. The fourth-order valence-electron chi connectivity index (χ4n) is 2.32. The summed E-state index contributed by atoms with van der Waals surface area (Å²) < 4.78 is 5.32. The van der Waals surface area contributed by atoms with E-state index in [1.54, 1.807) is 43.6 Å². The molecule has 0 atom stereocenters. The Morgan fingerprint density at radius 3 is 2.57 bits per heavy atom. The highest BCUT2D eigenvalue weighted by molar-refractivity contribution is 6.36. The van der Waals surface area contributed by atoms with Gasteiger partial charge in [0.2, 0.25) is 0 Å². The molecule has 3 rings (SSSR count). The van der Waals surface area contributed by atoms with E-state index in [4.69, 9.17) is 21.4 Å². The summed E-state index contributed by atoms with van der Waals surface area (Å²) >= 11 is 6.31. The van der Waals surface area contributed by atoms with Crippen LogP contribution in [0.1, 0.15) is 10.4 Å². The molecule has 0 aliphatic heterocycles. The molecule has 0 saturated carbocycles. The Morgan fingerprint density at radius 2 is 1.91 bits per heavy atom. The third-order valence-corrected chi connectivity index (χ3v) is 3.75. The Kier molecular flexibility index (Phi) is 4.04. The van der Waals surface area contributed by atoms with E-state index in [1.807, 2.05) is 0 Å². The molecule has 0 fully saturated rings. The number of anilines is 2. The smallest absolute Gasteiger partial charge is 0.335 e. The van der Waals surface area contributed by atoms with E-state index < -0.39 is 5.97 Å². The highest BCUT2D eigenvalue weighted by atomic mass is 35.5. The van der Waals surface area contributed by atoms with Gasteiger partial charge in [-0.25, -0.2) is 4.79 Å². The van der Waals surface area contributed by atoms with Crippen molar-refractivity contribution in [3.05, 3.63) is 59.2 Å². The number of carbonyl (C=O) groups is 1. The third-order valence-electron chi connectivity index (χ3n) is 3.44. The molecule has 116 valence electrons. The first-order valence-electron chi connectivity index (χ1n) is 6.81. The average Bonchev–Trinajstić information content (AvgIpc) is 2.56. The van der Waals surface area contributed by atoms with Gasteiger partial charge in [-0.15, -0.1) is 0 Å². The number of nitrogens with zero attached hydrogens (tertiary/aromatic N) is 1. The molecule has 0 amide bonds. The van der Waals surface area contributed by atoms with Gasteiger partial charge in [0.25, 0.3) is 0 Å². The zero-order valence-corrected chi connectivity index (χ0v) is 13.0. The third kappa shape index (κ3) is 2.91. The Morgan fingerprint density at radius 1 is 1.17 bits per heavy atom. The van der Waals surface area contributed by atoms with E-state index in [2.05, 4.69) is 10.3 Å². The number of methoxy groups -OCH3 is 1. The van der Waals surface area contributed by atoms with Crippen LogP contribution in [0.5, 0.6) is 5.75 Å². The maximum Gasteiger partial charge on any atom is 0.335 e. The molecule has 0 aliphatic rings. The number of carboxylic acids is 1. The molecule has 0 spiro atoms. The van der Waals surface area contributed by atoms with Gasteiger partial charge in [0.1, 0.15) is 11.3 Å². The van der Waals surface area contributed by atoms with Crippen LogP contribution in [0.4, 0.5) is 11.4 Å². The molecule has 23 heavy (non-hydrogen) atoms. The van der Waals surface area contributed by atoms with Crippen molar-refractivity contribution in [2.45, 2.75) is 0 Å². The number of pyridine rings is 1. The molecular weight excluding hydrogens is 316 g/mol. The lowest BCUT2D eigenvalue weighted by atomic mass is 10.1. The standard InChI is InChI=1S/C17H13ClN2O3/c1-23-14-7-6-12(18)15-13(8-9-19-16(14)15)20-11-4-2-10(3-5-11)17(21)22/h2-9H,1H3,(H,19,20)(H,21,22). The summed E-state index contributed by atoms with van der Waals surface area (Å²) in [4.78, 5) is 15.2. The number of carboxylic acid groups (broad SMARTS) is 1. The van der Waals surface area contributed by atoms with Crippen LogP contribution in [0.15, 0.2) is 48.7 Å². The number of benzene rings is 2. The van der Waals surface area contributed by atoms with Crippen molar-refractivity contribution in [3.8, 4) is 5.75 Å². The molecule has 0 radical (unpaired) electrons. The van der Waals surface area contributed by atoms with Gasteiger partial charge >= 0.3 is 5.97 Å². The number of ether oxygens (including phenoxy) is 1. The van der Waals surface area contributed by atoms with Gasteiger partial charge in [-0.2, -0.15) is 0 Å². The first-order chi connectivity index (χ1) is 11.1. The number of aromatic nitrogens is 1. The van der Waals surface area contributed by atoms with Gasteiger partial charge in [-0.3, -0.25) is 4.98 Å². The quantitative estimate of drug-likeness (QED) is 0.745. The summed E-state index contributed by atoms with van der Waals surface area (Å²) in [5.41, 5.74) is 2.41. The summed E-state index contributed by atoms with van der Waals surface area (Å²) in [5.74, 6) is -0.326. The van der Waals surface area contributed by atoms with E-state index in [0.29, 0.717) is 16.3 Å². The lowest BCUT2D eigenvalue weighted by Gasteiger charge is -2.12. The van der Waals surface area contributed by atoms with Crippen LogP contribution in [-0.4, -0.2) is 23.2 Å². The molecular formula is C17H13ClN2O3. The van der Waals surface area contributed by atoms with Gasteiger partial charge in [0, 0.05) is 17.3 Å². The molecule has 0 saturated heterocycles. The molecule has 0 unspecified atom stereocenters. The largest absolute Gasteiger partial charge is 0.494 e. The summed E-state index contributed by atoms with van der Waals surface area (Å²) in [7, 11) is 1.58. The van der Waals surface area contributed by atoms with Crippen LogP contribution < -0.4 is 10.1 Å². The second-order valence-corrected chi connectivity index (χ2v) is 5.25. The topological polar surface area (TPSA) is 71.5 Å². The minimum atomic E-state index is -0.960. The van der Waals surface area contributed by atoms with E-state index in [0.717, 1.165) is 16.8 Å². The van der Waals surface area contributed by atoms with Gasteiger partial charge in [-0.1, -0.05) is 11.6 Å². The molecule has 1 aromatic heterocycles. The lowest BCUT2D eigenvalue weighted by molar-refractivity contribution is 0.0697. The first-order valence-corrected chi connectivity index (χ1v) is 7.19. The minimum absolute atomic E-state index is 0.231. The molecule has 6 heteroatoms. The zero-order chi connectivity index (χ0) is 16.4. The van der Waals surface area contributed by atoms with Gasteiger partial charge in [0.05, 0.1) is 23.4 Å². The average molecular weight is 329 g/mol. The molecule has 1 heterocycles. The molecule has 5 nitrogen and oxygen atoms in total. The van der Waals surface area contributed by atoms with E-state index in [9.17, 15) is 4.79 Å². The summed E-state index contributed by atoms with van der Waals surface area (Å²) in [5, 5.41) is 13.5. The van der Waals surface area contributed by atoms with Crippen LogP contribution in [0.3, 0.4) is 0 Å². The van der Waals surface area contributed by atoms with Crippen molar-refractivity contribution in [1.29, 1.82) is 0 Å². The van der Waals surface area contributed by atoms with Crippen molar-refractivity contribution >= 4 is 39.8 Å². The molecule has 2 N–H and O–H groups in total. The van der Waals surface area contributed by atoms with Gasteiger partial charge < -0.3 is 15.2 Å². The maximum absolute atomic E-state index is 10.9. The zero-order valence-electron chi connectivity index (χ0n) is 12.2. The second-order valence-electron chi connectivity index (χ2n) is 4.84. The first kappa shape index (κ1) is 15.1. The Labute approximate surface area is 137 Å². The van der Waals surface area contributed by atoms with E-state index in [-0.39, 0.29) is 5.56 Å². The fourth-order valence-corrected chi connectivity index (χ4v) is 2.58. The molecule has 2 aromatic carbocycles. The Balaban J connectivity index is 2.04. The van der Waals surface area contributed by atoms with Crippen molar-refractivity contribution in [2.24, 2.45) is 0 Å². The molecule has 0 aliphatic carbocycles.